The Labute approximate surface area is 126 Å². The maximum absolute atomic E-state index is 5.84. The second-order valence-corrected chi connectivity index (χ2v) is 4.95. The summed E-state index contributed by atoms with van der Waals surface area (Å²) in [5.41, 5.74) is 7.51. The van der Waals surface area contributed by atoms with Crippen LogP contribution in [0.3, 0.4) is 0 Å². The Morgan fingerprint density at radius 3 is 2.20 bits per heavy atom. The van der Waals surface area contributed by atoms with E-state index in [4.69, 9.17) is 19.9 Å². The predicted octanol–water partition coefficient (Wildman–Crippen LogP) is 3.63. The van der Waals surface area contributed by atoms with Crippen molar-refractivity contribution in [2.75, 3.05) is 20.0 Å². The molecule has 2 N–H and O–H groups in total. The van der Waals surface area contributed by atoms with Gasteiger partial charge in [-0.15, -0.1) is 0 Å². The quantitative estimate of drug-likeness (QED) is 0.846. The number of halogens is 1. The summed E-state index contributed by atoms with van der Waals surface area (Å²) in [6.45, 7) is 0.405. The van der Waals surface area contributed by atoms with E-state index < -0.39 is 0 Å². The number of methoxy groups -OCH3 is 2. The third kappa shape index (κ3) is 3.36. The van der Waals surface area contributed by atoms with Gasteiger partial charge in [-0.1, -0.05) is 12.1 Å². The molecule has 0 atom stereocenters. The summed E-state index contributed by atoms with van der Waals surface area (Å²) < 4.78 is 17.0. The van der Waals surface area contributed by atoms with Crippen LogP contribution in [0, 0.1) is 0 Å². The molecule has 5 heteroatoms. The minimum Gasteiger partial charge on any atom is -0.496 e. The van der Waals surface area contributed by atoms with Crippen LogP contribution in [0.4, 0.5) is 5.69 Å². The minimum absolute atomic E-state index is 0.405. The van der Waals surface area contributed by atoms with E-state index >= 15 is 0 Å². The van der Waals surface area contributed by atoms with E-state index in [-0.39, 0.29) is 0 Å². The van der Waals surface area contributed by atoms with Gasteiger partial charge in [0.05, 0.1) is 14.2 Å². The Morgan fingerprint density at radius 2 is 1.60 bits per heavy atom. The average Bonchev–Trinajstić information content (AvgIpc) is 2.48. The molecular weight excluding hydrogens is 322 g/mol. The summed E-state index contributed by atoms with van der Waals surface area (Å²) in [4.78, 5) is 0. The summed E-state index contributed by atoms with van der Waals surface area (Å²) in [7, 11) is 3.21. The maximum atomic E-state index is 5.84. The molecule has 0 heterocycles. The smallest absolute Gasteiger partial charge is 0.127 e. The zero-order valence-corrected chi connectivity index (χ0v) is 12.9. The number of nitrogen functional groups attached to an aromatic ring is 1. The molecule has 0 amide bonds. The molecule has 0 fully saturated rings. The van der Waals surface area contributed by atoms with Crippen LogP contribution in [-0.4, -0.2) is 14.2 Å². The fraction of sp³-hybridized carbons (Fsp3) is 0.200. The van der Waals surface area contributed by atoms with Crippen molar-refractivity contribution in [3.63, 3.8) is 0 Å². The number of ether oxygens (including phenoxy) is 3. The highest BCUT2D eigenvalue weighted by Gasteiger charge is 2.06. The highest BCUT2D eigenvalue weighted by molar-refractivity contribution is 9.10. The van der Waals surface area contributed by atoms with Gasteiger partial charge in [-0.3, -0.25) is 0 Å². The third-order valence-electron chi connectivity index (χ3n) is 2.83. The number of hydrogen-bond donors (Lipinski definition) is 1. The molecule has 0 aliphatic rings. The van der Waals surface area contributed by atoms with Gasteiger partial charge in [-0.25, -0.2) is 0 Å². The molecule has 0 spiro atoms. The molecule has 0 aromatic heterocycles. The zero-order valence-electron chi connectivity index (χ0n) is 11.4. The molecular formula is C15H16BrNO3. The van der Waals surface area contributed by atoms with Crippen LogP contribution < -0.4 is 19.9 Å². The van der Waals surface area contributed by atoms with E-state index in [1.807, 2.05) is 30.3 Å². The first-order valence-corrected chi connectivity index (χ1v) is 6.82. The summed E-state index contributed by atoms with van der Waals surface area (Å²) in [5, 5.41) is 0. The predicted molar refractivity (Wildman–Crippen MR) is 82.4 cm³/mol. The summed E-state index contributed by atoms with van der Waals surface area (Å²) in [5.74, 6) is 2.05. The molecule has 2 aromatic rings. The summed E-state index contributed by atoms with van der Waals surface area (Å²) in [6.07, 6.45) is 0. The molecule has 0 bridgehead atoms. The maximum Gasteiger partial charge on any atom is 0.127 e. The number of rotatable bonds is 5. The second kappa shape index (κ2) is 6.52. The highest BCUT2D eigenvalue weighted by Crippen LogP contribution is 2.29. The Balaban J connectivity index is 2.16. The lowest BCUT2D eigenvalue weighted by Gasteiger charge is -2.11. The van der Waals surface area contributed by atoms with Crippen molar-refractivity contribution in [2.45, 2.75) is 6.61 Å². The lowest BCUT2D eigenvalue weighted by molar-refractivity contribution is 0.300. The van der Waals surface area contributed by atoms with Crippen LogP contribution in [0.5, 0.6) is 17.2 Å². The molecule has 0 unspecified atom stereocenters. The van der Waals surface area contributed by atoms with Crippen molar-refractivity contribution in [1.82, 2.24) is 0 Å². The van der Waals surface area contributed by atoms with Crippen LogP contribution >= 0.6 is 15.9 Å². The molecule has 2 rings (SSSR count). The van der Waals surface area contributed by atoms with Gasteiger partial charge in [0.25, 0.3) is 0 Å². The van der Waals surface area contributed by atoms with E-state index in [0.717, 1.165) is 10.0 Å². The van der Waals surface area contributed by atoms with Gasteiger partial charge in [-0.05, 0) is 22.0 Å². The molecule has 0 radical (unpaired) electrons. The van der Waals surface area contributed by atoms with Gasteiger partial charge in [-0.2, -0.15) is 0 Å². The molecule has 2 aromatic carbocycles. The highest BCUT2D eigenvalue weighted by atomic mass is 79.9. The van der Waals surface area contributed by atoms with E-state index in [1.165, 1.54) is 0 Å². The van der Waals surface area contributed by atoms with E-state index in [9.17, 15) is 0 Å². The second-order valence-electron chi connectivity index (χ2n) is 4.16. The Hall–Kier alpha value is -1.88. The van der Waals surface area contributed by atoms with Crippen molar-refractivity contribution in [1.29, 1.82) is 0 Å². The van der Waals surface area contributed by atoms with Crippen LogP contribution in [-0.2, 0) is 6.61 Å². The standard InChI is InChI=1S/C15H16BrNO3/c1-18-11-6-12(19-2)8-13(7-11)20-9-10-4-3-5-14(17)15(10)16/h3-8H,9,17H2,1-2H3. The van der Waals surface area contributed by atoms with Crippen molar-refractivity contribution >= 4 is 21.6 Å². The van der Waals surface area contributed by atoms with Gasteiger partial charge in [0.1, 0.15) is 23.9 Å². The Morgan fingerprint density at radius 1 is 1.00 bits per heavy atom. The SMILES string of the molecule is COc1cc(OC)cc(OCc2cccc(N)c2Br)c1. The van der Waals surface area contributed by atoms with E-state index in [1.54, 1.807) is 20.3 Å². The third-order valence-corrected chi connectivity index (χ3v) is 3.79. The van der Waals surface area contributed by atoms with Crippen LogP contribution in [0.25, 0.3) is 0 Å². The van der Waals surface area contributed by atoms with E-state index in [2.05, 4.69) is 15.9 Å². The van der Waals surface area contributed by atoms with Gasteiger partial charge in [0.2, 0.25) is 0 Å². The summed E-state index contributed by atoms with van der Waals surface area (Å²) >= 11 is 3.46. The first kappa shape index (κ1) is 14.5. The molecule has 106 valence electrons. The Bertz CT molecular complexity index is 579. The normalized spacial score (nSPS) is 10.2. The molecule has 0 aliphatic heterocycles. The fourth-order valence-corrected chi connectivity index (χ4v) is 2.12. The number of benzene rings is 2. The first-order chi connectivity index (χ1) is 9.63. The number of hydrogen-bond acceptors (Lipinski definition) is 4. The van der Waals surface area contributed by atoms with Crippen molar-refractivity contribution < 1.29 is 14.2 Å². The summed E-state index contributed by atoms with van der Waals surface area (Å²) in [6, 6.07) is 11.1. The molecule has 0 saturated carbocycles. The topological polar surface area (TPSA) is 53.7 Å². The van der Waals surface area contributed by atoms with Crippen molar-refractivity contribution in [3.8, 4) is 17.2 Å². The van der Waals surface area contributed by atoms with E-state index in [0.29, 0.717) is 29.5 Å². The van der Waals surface area contributed by atoms with Crippen molar-refractivity contribution in [3.05, 3.63) is 46.4 Å². The van der Waals surface area contributed by atoms with Gasteiger partial charge in [0, 0.05) is 33.9 Å². The molecule has 20 heavy (non-hydrogen) atoms. The van der Waals surface area contributed by atoms with Crippen LogP contribution in [0.2, 0.25) is 0 Å². The van der Waals surface area contributed by atoms with Crippen molar-refractivity contribution in [2.24, 2.45) is 0 Å². The number of anilines is 1. The lowest BCUT2D eigenvalue weighted by atomic mass is 10.2. The minimum atomic E-state index is 0.405. The van der Waals surface area contributed by atoms with Crippen LogP contribution in [0.15, 0.2) is 40.9 Å². The first-order valence-electron chi connectivity index (χ1n) is 6.02. The largest absolute Gasteiger partial charge is 0.496 e. The Kier molecular flexibility index (Phi) is 4.74. The molecule has 0 saturated heterocycles. The fourth-order valence-electron chi connectivity index (χ4n) is 1.74. The van der Waals surface area contributed by atoms with Crippen LogP contribution in [0.1, 0.15) is 5.56 Å². The average molecular weight is 338 g/mol. The molecule has 0 aliphatic carbocycles. The lowest BCUT2D eigenvalue weighted by Crippen LogP contribution is -1.99. The monoisotopic (exact) mass is 337 g/mol. The van der Waals surface area contributed by atoms with Gasteiger partial charge < -0.3 is 19.9 Å². The van der Waals surface area contributed by atoms with Gasteiger partial charge in [0.15, 0.2) is 0 Å². The van der Waals surface area contributed by atoms with Gasteiger partial charge >= 0.3 is 0 Å². The molecule has 4 nitrogen and oxygen atoms in total. The number of nitrogens with two attached hydrogens (primary N) is 1. The zero-order chi connectivity index (χ0) is 14.5.